The standard InChI is InChI=1S/C9H14O3SSi/c1-14(2,3)9-6-5(4-13-9)7(10)12-8(6)11/h5-6,9H,4H2,1-3H3/t5-,6+,9+/m1/s1. The molecular formula is C9H14O3SSi. The summed E-state index contributed by atoms with van der Waals surface area (Å²) in [5, 5.41) is 0. The van der Waals surface area contributed by atoms with Gasteiger partial charge in [0.25, 0.3) is 0 Å². The van der Waals surface area contributed by atoms with Gasteiger partial charge in [-0.3, -0.25) is 9.59 Å². The van der Waals surface area contributed by atoms with Gasteiger partial charge in [0.1, 0.15) is 0 Å². The lowest BCUT2D eigenvalue weighted by atomic mass is 9.99. The van der Waals surface area contributed by atoms with E-state index in [-0.39, 0.29) is 23.8 Å². The zero-order chi connectivity index (χ0) is 10.5. The van der Waals surface area contributed by atoms with Crippen LogP contribution in [0, 0.1) is 11.8 Å². The van der Waals surface area contributed by atoms with E-state index in [1.807, 2.05) is 0 Å². The van der Waals surface area contributed by atoms with Crippen molar-refractivity contribution in [2.24, 2.45) is 11.8 Å². The first-order valence-corrected chi connectivity index (χ1v) is 9.41. The van der Waals surface area contributed by atoms with E-state index in [1.54, 1.807) is 11.8 Å². The van der Waals surface area contributed by atoms with Crippen LogP contribution in [0.1, 0.15) is 0 Å². The Hall–Kier alpha value is -0.293. The molecule has 2 aliphatic heterocycles. The fourth-order valence-electron chi connectivity index (χ4n) is 2.16. The summed E-state index contributed by atoms with van der Waals surface area (Å²) in [7, 11) is -1.37. The fourth-order valence-corrected chi connectivity index (χ4v) is 7.16. The van der Waals surface area contributed by atoms with Crippen molar-refractivity contribution < 1.29 is 14.3 Å². The molecule has 0 aliphatic carbocycles. The van der Waals surface area contributed by atoms with Crippen LogP contribution < -0.4 is 0 Å². The largest absolute Gasteiger partial charge is 0.393 e. The van der Waals surface area contributed by atoms with Crippen LogP contribution >= 0.6 is 11.8 Å². The number of carbonyl (C=O) groups is 2. The maximum atomic E-state index is 11.5. The number of fused-ring (bicyclic) bond motifs is 1. The van der Waals surface area contributed by atoms with Crippen LogP contribution in [0.15, 0.2) is 0 Å². The highest BCUT2D eigenvalue weighted by Gasteiger charge is 2.56. The summed E-state index contributed by atoms with van der Waals surface area (Å²) in [5.74, 6) is -0.0986. The Bertz CT molecular complexity index is 297. The Morgan fingerprint density at radius 3 is 2.50 bits per heavy atom. The van der Waals surface area contributed by atoms with Gasteiger partial charge in [0.05, 0.1) is 19.9 Å². The Balaban J connectivity index is 2.26. The van der Waals surface area contributed by atoms with E-state index in [2.05, 4.69) is 24.4 Å². The third-order valence-electron chi connectivity index (χ3n) is 2.84. The topological polar surface area (TPSA) is 43.4 Å². The van der Waals surface area contributed by atoms with E-state index in [9.17, 15) is 9.59 Å². The number of esters is 2. The van der Waals surface area contributed by atoms with Crippen LogP contribution in [0.5, 0.6) is 0 Å². The average molecular weight is 230 g/mol. The quantitative estimate of drug-likeness (QED) is 0.387. The van der Waals surface area contributed by atoms with Gasteiger partial charge in [-0.05, 0) is 0 Å². The Morgan fingerprint density at radius 2 is 1.93 bits per heavy atom. The average Bonchev–Trinajstić information content (AvgIpc) is 2.53. The molecule has 5 heteroatoms. The van der Waals surface area contributed by atoms with E-state index in [1.165, 1.54) is 0 Å². The number of hydrogen-bond donors (Lipinski definition) is 0. The van der Waals surface area contributed by atoms with Gasteiger partial charge < -0.3 is 4.74 Å². The van der Waals surface area contributed by atoms with Gasteiger partial charge in [-0.1, -0.05) is 19.6 Å². The highest BCUT2D eigenvalue weighted by atomic mass is 32.2. The Kier molecular flexibility index (Phi) is 2.26. The molecule has 14 heavy (non-hydrogen) atoms. The van der Waals surface area contributed by atoms with Crippen LogP contribution in [0.25, 0.3) is 0 Å². The maximum Gasteiger partial charge on any atom is 0.318 e. The lowest BCUT2D eigenvalue weighted by Crippen LogP contribution is -2.41. The molecule has 2 fully saturated rings. The first-order valence-electron chi connectivity index (χ1n) is 4.78. The summed E-state index contributed by atoms with van der Waals surface area (Å²) in [6.45, 7) is 6.72. The Morgan fingerprint density at radius 1 is 1.29 bits per heavy atom. The molecule has 2 rings (SSSR count). The van der Waals surface area contributed by atoms with Crippen molar-refractivity contribution in [3.63, 3.8) is 0 Å². The number of ether oxygens (including phenoxy) is 1. The smallest absolute Gasteiger partial charge is 0.318 e. The van der Waals surface area contributed by atoms with E-state index in [0.717, 1.165) is 5.75 Å². The summed E-state index contributed by atoms with van der Waals surface area (Å²) in [4.78, 5) is 23.1. The molecule has 78 valence electrons. The second-order valence-corrected chi connectivity index (χ2v) is 11.9. The van der Waals surface area contributed by atoms with E-state index < -0.39 is 8.07 Å². The molecule has 0 bridgehead atoms. The van der Waals surface area contributed by atoms with Crippen molar-refractivity contribution >= 4 is 31.8 Å². The fraction of sp³-hybridized carbons (Fsp3) is 0.778. The van der Waals surface area contributed by atoms with Gasteiger partial charge >= 0.3 is 11.9 Å². The number of hydrogen-bond acceptors (Lipinski definition) is 4. The van der Waals surface area contributed by atoms with E-state index >= 15 is 0 Å². The number of thioether (sulfide) groups is 1. The van der Waals surface area contributed by atoms with Crippen LogP contribution in [-0.2, 0) is 14.3 Å². The number of rotatable bonds is 1. The SMILES string of the molecule is C[Si](C)(C)[C@@H]1SC[C@H]2C(=O)OC(=O)[C@@H]12. The van der Waals surface area contributed by atoms with Crippen LogP contribution in [0.3, 0.4) is 0 Å². The molecule has 0 spiro atoms. The molecule has 0 aromatic carbocycles. The van der Waals surface area contributed by atoms with Gasteiger partial charge in [-0.2, -0.15) is 11.8 Å². The molecule has 2 aliphatic rings. The van der Waals surface area contributed by atoms with E-state index in [4.69, 9.17) is 0 Å². The third-order valence-corrected chi connectivity index (χ3v) is 8.74. The molecule has 0 saturated carbocycles. The van der Waals surface area contributed by atoms with Crippen molar-refractivity contribution in [3.8, 4) is 0 Å². The summed E-state index contributed by atoms with van der Waals surface area (Å²) < 4.78 is 4.68. The summed E-state index contributed by atoms with van der Waals surface area (Å²) >= 11 is 1.79. The first-order chi connectivity index (χ1) is 6.41. The molecule has 3 nitrogen and oxygen atoms in total. The maximum absolute atomic E-state index is 11.5. The first kappa shape index (κ1) is 10.2. The molecular weight excluding hydrogens is 216 g/mol. The van der Waals surface area contributed by atoms with Gasteiger partial charge in [-0.25, -0.2) is 0 Å². The zero-order valence-corrected chi connectivity index (χ0v) is 10.4. The molecule has 0 N–H and O–H groups in total. The molecule has 2 saturated heterocycles. The van der Waals surface area contributed by atoms with Crippen LogP contribution in [0.4, 0.5) is 0 Å². The molecule has 0 unspecified atom stereocenters. The molecule has 0 aromatic heterocycles. The lowest BCUT2D eigenvalue weighted by Gasteiger charge is -2.26. The molecule has 3 atom stereocenters. The van der Waals surface area contributed by atoms with E-state index in [0.29, 0.717) is 4.87 Å². The van der Waals surface area contributed by atoms with Gasteiger partial charge in [0.2, 0.25) is 0 Å². The van der Waals surface area contributed by atoms with Crippen molar-refractivity contribution in [1.29, 1.82) is 0 Å². The van der Waals surface area contributed by atoms with Crippen molar-refractivity contribution in [3.05, 3.63) is 0 Å². The second-order valence-electron chi connectivity index (χ2n) is 4.99. The highest BCUT2D eigenvalue weighted by Crippen LogP contribution is 2.45. The minimum Gasteiger partial charge on any atom is -0.393 e. The zero-order valence-electron chi connectivity index (χ0n) is 8.57. The molecule has 0 aromatic rings. The monoisotopic (exact) mass is 230 g/mol. The molecule has 0 radical (unpaired) electrons. The highest BCUT2D eigenvalue weighted by molar-refractivity contribution is 8.02. The van der Waals surface area contributed by atoms with Crippen LogP contribution in [0.2, 0.25) is 19.6 Å². The molecule has 0 amide bonds. The normalized spacial score (nSPS) is 37.2. The molecule has 2 heterocycles. The summed E-state index contributed by atoms with van der Waals surface area (Å²) in [6.07, 6.45) is 0. The summed E-state index contributed by atoms with van der Waals surface area (Å²) in [6, 6.07) is 0. The van der Waals surface area contributed by atoms with Crippen molar-refractivity contribution in [2.45, 2.75) is 24.5 Å². The third kappa shape index (κ3) is 1.42. The Labute approximate surface area is 88.6 Å². The predicted octanol–water partition coefficient (Wildman–Crippen LogP) is 1.29. The number of cyclic esters (lactones) is 2. The minimum absolute atomic E-state index is 0.140. The minimum atomic E-state index is -1.37. The summed E-state index contributed by atoms with van der Waals surface area (Å²) in [5.41, 5.74) is 0. The van der Waals surface area contributed by atoms with Crippen molar-refractivity contribution in [1.82, 2.24) is 0 Å². The van der Waals surface area contributed by atoms with Crippen molar-refractivity contribution in [2.75, 3.05) is 5.75 Å². The van der Waals surface area contributed by atoms with Gasteiger partial charge in [-0.15, -0.1) is 0 Å². The van der Waals surface area contributed by atoms with Gasteiger partial charge in [0.15, 0.2) is 0 Å². The van der Waals surface area contributed by atoms with Gasteiger partial charge in [0, 0.05) is 10.6 Å². The number of carbonyl (C=O) groups excluding carboxylic acids is 2. The van der Waals surface area contributed by atoms with Crippen LogP contribution in [-0.4, -0.2) is 30.6 Å². The predicted molar refractivity (Wildman–Crippen MR) is 57.7 cm³/mol. The second kappa shape index (κ2) is 3.10. The lowest BCUT2D eigenvalue weighted by molar-refractivity contribution is -0.153.